The van der Waals surface area contributed by atoms with E-state index in [-0.39, 0.29) is 41.8 Å². The molecule has 0 bridgehead atoms. The first-order chi connectivity index (χ1) is 15.7. The third kappa shape index (κ3) is 4.89. The van der Waals surface area contributed by atoms with Gasteiger partial charge in [-0.25, -0.2) is 0 Å². The van der Waals surface area contributed by atoms with Gasteiger partial charge in [-0.1, -0.05) is 58.4 Å². The predicted molar refractivity (Wildman–Crippen MR) is 136 cm³/mol. The summed E-state index contributed by atoms with van der Waals surface area (Å²) >= 11 is 1.78. The number of benzene rings is 1. The highest BCUT2D eigenvalue weighted by molar-refractivity contribution is 7.10. The highest BCUT2D eigenvalue weighted by Crippen LogP contribution is 2.39. The molecular weight excluding hydrogens is 428 g/mol. The summed E-state index contributed by atoms with van der Waals surface area (Å²) in [5, 5.41) is 2.14. The van der Waals surface area contributed by atoms with Crippen LogP contribution < -0.4 is 0 Å². The summed E-state index contributed by atoms with van der Waals surface area (Å²) in [5.74, 6) is 0.338. The van der Waals surface area contributed by atoms with Gasteiger partial charge in [0.1, 0.15) is 6.54 Å². The Morgan fingerprint density at radius 3 is 2.42 bits per heavy atom. The van der Waals surface area contributed by atoms with E-state index in [2.05, 4.69) is 70.3 Å². The Morgan fingerprint density at radius 2 is 1.85 bits per heavy atom. The molecule has 2 aliphatic rings. The summed E-state index contributed by atoms with van der Waals surface area (Å²) < 4.78 is 0. The van der Waals surface area contributed by atoms with Crippen LogP contribution in [0.1, 0.15) is 87.9 Å². The number of nitrogens with zero attached hydrogens (tertiary/aromatic N) is 2. The summed E-state index contributed by atoms with van der Waals surface area (Å²) in [4.78, 5) is 32.1. The Balaban J connectivity index is 1.62. The van der Waals surface area contributed by atoms with Crippen LogP contribution in [0.3, 0.4) is 0 Å². The van der Waals surface area contributed by atoms with Crippen molar-refractivity contribution in [2.75, 3.05) is 13.1 Å². The number of carbonyl (C=O) groups is 2. The van der Waals surface area contributed by atoms with Crippen LogP contribution in [-0.2, 0) is 21.4 Å². The zero-order valence-corrected chi connectivity index (χ0v) is 21.6. The van der Waals surface area contributed by atoms with Gasteiger partial charge in [0.15, 0.2) is 0 Å². The molecule has 0 saturated heterocycles. The fourth-order valence-corrected chi connectivity index (χ4v) is 5.81. The van der Waals surface area contributed by atoms with Gasteiger partial charge in [-0.05, 0) is 66.2 Å². The van der Waals surface area contributed by atoms with Crippen LogP contribution in [0.25, 0.3) is 0 Å². The molecule has 1 aromatic heterocycles. The summed E-state index contributed by atoms with van der Waals surface area (Å²) in [5.41, 5.74) is 3.77. The summed E-state index contributed by atoms with van der Waals surface area (Å²) in [6.45, 7) is 11.7. The maximum absolute atomic E-state index is 13.7. The van der Waals surface area contributed by atoms with Crippen LogP contribution in [-0.4, -0.2) is 40.7 Å². The van der Waals surface area contributed by atoms with E-state index in [0.717, 1.165) is 37.7 Å². The van der Waals surface area contributed by atoms with Crippen molar-refractivity contribution in [3.8, 4) is 0 Å². The number of rotatable bonds is 6. The number of fused-ring (bicyclic) bond motifs is 1. The molecule has 1 fully saturated rings. The van der Waals surface area contributed by atoms with Crippen molar-refractivity contribution in [1.82, 2.24) is 9.80 Å². The quantitative estimate of drug-likeness (QED) is 0.528. The van der Waals surface area contributed by atoms with Gasteiger partial charge in [-0.15, -0.1) is 11.3 Å². The molecule has 4 nitrogen and oxygen atoms in total. The van der Waals surface area contributed by atoms with Crippen LogP contribution in [0.5, 0.6) is 0 Å². The lowest BCUT2D eigenvalue weighted by Crippen LogP contribution is -2.51. The summed E-state index contributed by atoms with van der Waals surface area (Å²) in [6.07, 6.45) is 4.79. The molecule has 33 heavy (non-hydrogen) atoms. The molecule has 1 aliphatic heterocycles. The number of amides is 2. The largest absolute Gasteiger partial charge is 0.330 e. The van der Waals surface area contributed by atoms with Gasteiger partial charge < -0.3 is 9.80 Å². The number of carbonyl (C=O) groups excluding carboxylic acids is 2. The van der Waals surface area contributed by atoms with Crippen LogP contribution in [0.15, 0.2) is 35.7 Å². The first kappa shape index (κ1) is 24.0. The van der Waals surface area contributed by atoms with Crippen molar-refractivity contribution in [3.05, 3.63) is 57.3 Å². The van der Waals surface area contributed by atoms with Crippen LogP contribution >= 0.6 is 11.3 Å². The van der Waals surface area contributed by atoms with Crippen molar-refractivity contribution in [1.29, 1.82) is 0 Å². The second-order valence-electron chi connectivity index (χ2n) is 10.8. The average Bonchev–Trinajstić information content (AvgIpc) is 3.23. The molecule has 2 atom stereocenters. The molecule has 178 valence electrons. The third-order valence-corrected chi connectivity index (χ3v) is 8.54. The predicted octanol–water partition coefficient (Wildman–Crippen LogP) is 5.95. The molecule has 1 aliphatic carbocycles. The average molecular weight is 467 g/mol. The van der Waals surface area contributed by atoms with Gasteiger partial charge >= 0.3 is 0 Å². The van der Waals surface area contributed by atoms with E-state index >= 15 is 0 Å². The Kier molecular flexibility index (Phi) is 6.99. The molecule has 4 rings (SSSR count). The fourth-order valence-electron chi connectivity index (χ4n) is 4.91. The molecule has 1 saturated carbocycles. The minimum atomic E-state index is -0.0842. The molecule has 0 N–H and O–H groups in total. The van der Waals surface area contributed by atoms with Crippen molar-refractivity contribution < 1.29 is 9.59 Å². The van der Waals surface area contributed by atoms with Crippen molar-refractivity contribution in [2.45, 2.75) is 84.2 Å². The summed E-state index contributed by atoms with van der Waals surface area (Å²) in [6, 6.07) is 10.9. The highest BCUT2D eigenvalue weighted by Gasteiger charge is 2.37. The van der Waals surface area contributed by atoms with E-state index in [0.29, 0.717) is 6.54 Å². The molecule has 5 heteroatoms. The lowest BCUT2D eigenvalue weighted by atomic mass is 9.84. The molecule has 2 heterocycles. The van der Waals surface area contributed by atoms with Crippen LogP contribution in [0, 0.1) is 5.92 Å². The minimum absolute atomic E-state index is 0.0599. The van der Waals surface area contributed by atoms with Gasteiger partial charge in [-0.2, -0.15) is 0 Å². The van der Waals surface area contributed by atoms with Gasteiger partial charge in [-0.3, -0.25) is 9.59 Å². The van der Waals surface area contributed by atoms with Crippen LogP contribution in [0.4, 0.5) is 0 Å². The van der Waals surface area contributed by atoms with E-state index < -0.39 is 0 Å². The van der Waals surface area contributed by atoms with Gasteiger partial charge in [0.25, 0.3) is 0 Å². The van der Waals surface area contributed by atoms with Gasteiger partial charge in [0.2, 0.25) is 11.8 Å². The second kappa shape index (κ2) is 9.61. The molecule has 2 aromatic rings. The Labute approximate surface area is 203 Å². The Hall–Kier alpha value is -2.14. The SMILES string of the molecule is CCC(C)N(CC(=O)N1CCc2sccc2C1c1ccc(C(C)(C)C)cc1)C(=O)C1CCC1. The molecule has 2 unspecified atom stereocenters. The second-order valence-corrected chi connectivity index (χ2v) is 11.8. The molecule has 2 amide bonds. The van der Waals surface area contributed by atoms with Crippen LogP contribution in [0.2, 0.25) is 0 Å². The normalized spacial score (nSPS) is 19.5. The van der Waals surface area contributed by atoms with E-state index in [1.807, 2.05) is 9.80 Å². The smallest absolute Gasteiger partial charge is 0.243 e. The minimum Gasteiger partial charge on any atom is -0.330 e. The zero-order valence-electron chi connectivity index (χ0n) is 20.8. The number of thiophene rings is 1. The lowest BCUT2D eigenvalue weighted by molar-refractivity contribution is -0.147. The Morgan fingerprint density at radius 1 is 1.15 bits per heavy atom. The third-order valence-electron chi connectivity index (χ3n) is 7.54. The number of hydrogen-bond donors (Lipinski definition) is 0. The molecule has 0 spiro atoms. The van der Waals surface area contributed by atoms with E-state index in [1.54, 1.807) is 11.3 Å². The Bertz CT molecular complexity index is 984. The molecule has 0 radical (unpaired) electrons. The standard InChI is InChI=1S/C28H38N2O2S/c1-6-19(2)30(27(32)21-8-7-9-21)18-25(31)29-16-14-24-23(15-17-33-24)26(29)20-10-12-22(13-11-20)28(3,4)5/h10-13,15,17,19,21,26H,6-9,14,16,18H2,1-5H3. The topological polar surface area (TPSA) is 40.6 Å². The fraction of sp³-hybridized carbons (Fsp3) is 0.571. The zero-order chi connectivity index (χ0) is 23.8. The summed E-state index contributed by atoms with van der Waals surface area (Å²) in [7, 11) is 0. The van der Waals surface area contributed by atoms with Crippen molar-refractivity contribution >= 4 is 23.2 Å². The first-order valence-corrected chi connectivity index (χ1v) is 13.3. The molecule has 1 aromatic carbocycles. The number of hydrogen-bond acceptors (Lipinski definition) is 3. The van der Waals surface area contributed by atoms with Crippen molar-refractivity contribution in [3.63, 3.8) is 0 Å². The lowest BCUT2D eigenvalue weighted by Gasteiger charge is -2.40. The maximum atomic E-state index is 13.7. The van der Waals surface area contributed by atoms with E-state index in [1.165, 1.54) is 16.0 Å². The van der Waals surface area contributed by atoms with E-state index in [9.17, 15) is 9.59 Å². The highest BCUT2D eigenvalue weighted by atomic mass is 32.1. The first-order valence-electron chi connectivity index (χ1n) is 12.5. The maximum Gasteiger partial charge on any atom is 0.243 e. The monoisotopic (exact) mass is 466 g/mol. The van der Waals surface area contributed by atoms with Gasteiger partial charge in [0.05, 0.1) is 6.04 Å². The van der Waals surface area contributed by atoms with E-state index in [4.69, 9.17) is 0 Å². The van der Waals surface area contributed by atoms with Gasteiger partial charge in [0, 0.05) is 23.4 Å². The van der Waals surface area contributed by atoms with Crippen molar-refractivity contribution in [2.24, 2.45) is 5.92 Å². The molecular formula is C28H38N2O2S.